The maximum absolute atomic E-state index is 13.0. The Morgan fingerprint density at radius 3 is 2.69 bits per heavy atom. The maximum Gasteiger partial charge on any atom is 0.390 e. The molecule has 208 valence electrons. The number of amides is 2. The second-order valence-corrected chi connectivity index (χ2v) is 9.66. The van der Waals surface area contributed by atoms with Crippen molar-refractivity contribution >= 4 is 39.9 Å². The van der Waals surface area contributed by atoms with Crippen molar-refractivity contribution in [1.82, 2.24) is 29.5 Å². The van der Waals surface area contributed by atoms with Crippen LogP contribution in [0, 0.1) is 6.92 Å². The number of aromatic nitrogens is 4. The molecule has 0 aromatic carbocycles. The van der Waals surface area contributed by atoms with E-state index >= 15 is 0 Å². The highest BCUT2D eigenvalue weighted by atomic mass is 32.1. The van der Waals surface area contributed by atoms with Crippen LogP contribution in [0.5, 0.6) is 5.88 Å². The quantitative estimate of drug-likeness (QED) is 0.355. The summed E-state index contributed by atoms with van der Waals surface area (Å²) in [5, 5.41) is 9.11. The Labute approximate surface area is 226 Å². The molecule has 11 nitrogen and oxygen atoms in total. The topological polar surface area (TPSA) is 134 Å². The van der Waals surface area contributed by atoms with E-state index in [1.165, 1.54) is 25.7 Å². The normalized spacial score (nSPS) is 14.6. The standard InChI is InChI=1S/C24H27F3N8O3S/c1-14-20(22(37)31-16-3-7-29-19(11-16)38-2)23(39-34-14)33-18-13-28-12-17(32-18)21(36)30-15-4-8-35(9-5-15)10-6-24(25,26)27/h3,7,11-13,15H,4-6,8-10H2,1-2H3,(H,30,36)(H,32,33)(H,29,31,37). The number of likely N-dealkylation sites (tertiary alicyclic amines) is 1. The Balaban J connectivity index is 1.36. The van der Waals surface area contributed by atoms with Gasteiger partial charge in [-0.3, -0.25) is 14.6 Å². The molecule has 1 aliphatic rings. The number of nitrogens with zero attached hydrogens (tertiary/aromatic N) is 5. The van der Waals surface area contributed by atoms with Crippen LogP contribution in [0.2, 0.25) is 0 Å². The van der Waals surface area contributed by atoms with Crippen LogP contribution in [0.15, 0.2) is 30.7 Å². The van der Waals surface area contributed by atoms with Gasteiger partial charge in [0.25, 0.3) is 11.8 Å². The number of methoxy groups -OCH3 is 1. The fourth-order valence-electron chi connectivity index (χ4n) is 4.01. The van der Waals surface area contributed by atoms with Crippen LogP contribution in [0.25, 0.3) is 0 Å². The van der Waals surface area contributed by atoms with Crippen molar-refractivity contribution in [3.8, 4) is 5.88 Å². The van der Waals surface area contributed by atoms with Crippen LogP contribution >= 0.6 is 11.5 Å². The number of halogens is 3. The molecule has 0 aliphatic carbocycles. The number of hydrogen-bond donors (Lipinski definition) is 3. The Kier molecular flexibility index (Phi) is 8.91. The second kappa shape index (κ2) is 12.3. The molecular formula is C24H27F3N8O3S. The van der Waals surface area contributed by atoms with E-state index < -0.39 is 24.4 Å². The van der Waals surface area contributed by atoms with E-state index in [0.29, 0.717) is 53.8 Å². The van der Waals surface area contributed by atoms with Crippen molar-refractivity contribution < 1.29 is 27.5 Å². The Morgan fingerprint density at radius 1 is 1.21 bits per heavy atom. The monoisotopic (exact) mass is 564 g/mol. The Hall–Kier alpha value is -3.85. The van der Waals surface area contributed by atoms with Crippen molar-refractivity contribution in [3.05, 3.63) is 47.7 Å². The third-order valence-corrected chi connectivity index (χ3v) is 6.89. The fourth-order valence-corrected chi connectivity index (χ4v) is 4.81. The van der Waals surface area contributed by atoms with Gasteiger partial charge in [-0.05, 0) is 37.4 Å². The molecule has 0 spiro atoms. The Bertz CT molecular complexity index is 1310. The average molecular weight is 565 g/mol. The SMILES string of the molecule is COc1cc(NC(=O)c2c(C)nsc2Nc2cncc(C(=O)NC3CCN(CCC(F)(F)F)CC3)n2)ccn1. The molecule has 1 saturated heterocycles. The van der Waals surface area contributed by atoms with E-state index in [2.05, 4.69) is 35.3 Å². The van der Waals surface area contributed by atoms with E-state index in [4.69, 9.17) is 4.74 Å². The first-order chi connectivity index (χ1) is 18.6. The highest BCUT2D eigenvalue weighted by molar-refractivity contribution is 7.10. The van der Waals surface area contributed by atoms with Gasteiger partial charge in [0.05, 0.1) is 37.2 Å². The smallest absolute Gasteiger partial charge is 0.390 e. The lowest BCUT2D eigenvalue weighted by Gasteiger charge is -2.32. The number of carbonyl (C=O) groups excluding carboxylic acids is 2. The lowest BCUT2D eigenvalue weighted by Crippen LogP contribution is -2.45. The Morgan fingerprint density at radius 2 is 1.97 bits per heavy atom. The van der Waals surface area contributed by atoms with E-state index in [-0.39, 0.29) is 24.1 Å². The minimum Gasteiger partial charge on any atom is -0.481 e. The van der Waals surface area contributed by atoms with Gasteiger partial charge in [0.1, 0.15) is 16.5 Å². The highest BCUT2D eigenvalue weighted by Gasteiger charge is 2.29. The molecule has 0 radical (unpaired) electrons. The molecule has 0 bridgehead atoms. The molecule has 0 saturated carbocycles. The lowest BCUT2D eigenvalue weighted by atomic mass is 10.0. The second-order valence-electron chi connectivity index (χ2n) is 8.88. The molecule has 0 atom stereocenters. The van der Waals surface area contributed by atoms with Crippen LogP contribution in [-0.2, 0) is 0 Å². The van der Waals surface area contributed by atoms with Crippen molar-refractivity contribution in [2.24, 2.45) is 0 Å². The summed E-state index contributed by atoms with van der Waals surface area (Å²) >= 11 is 1.06. The summed E-state index contributed by atoms with van der Waals surface area (Å²) in [4.78, 5) is 40.0. The number of nitrogens with one attached hydrogen (secondary N) is 3. The number of ether oxygens (including phenoxy) is 1. The molecule has 1 aliphatic heterocycles. The number of piperidine rings is 1. The first-order valence-electron chi connectivity index (χ1n) is 12.1. The summed E-state index contributed by atoms with van der Waals surface area (Å²) in [5.74, 6) is -0.248. The first-order valence-corrected chi connectivity index (χ1v) is 12.9. The lowest BCUT2D eigenvalue weighted by molar-refractivity contribution is -0.138. The van der Waals surface area contributed by atoms with E-state index in [1.54, 1.807) is 24.0 Å². The molecule has 3 aromatic heterocycles. The van der Waals surface area contributed by atoms with Crippen LogP contribution in [0.1, 0.15) is 45.8 Å². The van der Waals surface area contributed by atoms with Crippen LogP contribution in [-0.4, -0.2) is 75.0 Å². The highest BCUT2D eigenvalue weighted by Crippen LogP contribution is 2.28. The molecule has 4 heterocycles. The third kappa shape index (κ3) is 7.83. The number of aryl methyl sites for hydroxylation is 1. The van der Waals surface area contributed by atoms with E-state index in [9.17, 15) is 22.8 Å². The predicted octanol–water partition coefficient (Wildman–Crippen LogP) is 3.79. The van der Waals surface area contributed by atoms with Gasteiger partial charge in [0, 0.05) is 43.6 Å². The van der Waals surface area contributed by atoms with Gasteiger partial charge in [-0.1, -0.05) is 0 Å². The van der Waals surface area contributed by atoms with E-state index in [1.807, 2.05) is 0 Å². The molecule has 1 fully saturated rings. The zero-order chi connectivity index (χ0) is 28.0. The van der Waals surface area contributed by atoms with Gasteiger partial charge in [-0.25, -0.2) is 9.97 Å². The van der Waals surface area contributed by atoms with Crippen molar-refractivity contribution in [3.63, 3.8) is 0 Å². The van der Waals surface area contributed by atoms with Crippen LogP contribution in [0.3, 0.4) is 0 Å². The summed E-state index contributed by atoms with van der Waals surface area (Å²) in [6, 6.07) is 3.03. The number of carbonyl (C=O) groups is 2. The minimum absolute atomic E-state index is 0.0445. The van der Waals surface area contributed by atoms with Gasteiger partial charge in [-0.15, -0.1) is 0 Å². The molecule has 15 heteroatoms. The molecule has 0 unspecified atom stereocenters. The predicted molar refractivity (Wildman–Crippen MR) is 139 cm³/mol. The summed E-state index contributed by atoms with van der Waals surface area (Å²) in [7, 11) is 1.48. The van der Waals surface area contributed by atoms with Crippen LogP contribution < -0.4 is 20.7 Å². The minimum atomic E-state index is -4.18. The van der Waals surface area contributed by atoms with Crippen LogP contribution in [0.4, 0.5) is 29.7 Å². The molecule has 3 aromatic rings. The summed E-state index contributed by atoms with van der Waals surface area (Å²) in [6.45, 7) is 2.59. The number of anilines is 3. The zero-order valence-electron chi connectivity index (χ0n) is 21.2. The average Bonchev–Trinajstić information content (AvgIpc) is 3.27. The van der Waals surface area contributed by atoms with Crippen molar-refractivity contribution in [1.29, 1.82) is 0 Å². The zero-order valence-corrected chi connectivity index (χ0v) is 22.0. The van der Waals surface area contributed by atoms with E-state index in [0.717, 1.165) is 11.5 Å². The van der Waals surface area contributed by atoms with Gasteiger partial charge in [-0.2, -0.15) is 17.5 Å². The number of pyridine rings is 1. The first kappa shape index (κ1) is 28.2. The van der Waals surface area contributed by atoms with Gasteiger partial charge >= 0.3 is 6.18 Å². The number of hydrogen-bond acceptors (Lipinski definition) is 10. The van der Waals surface area contributed by atoms with Crippen molar-refractivity contribution in [2.45, 2.75) is 38.4 Å². The third-order valence-electron chi connectivity index (χ3n) is 6.03. The molecule has 4 rings (SSSR count). The van der Waals surface area contributed by atoms with Gasteiger partial charge in [0.2, 0.25) is 5.88 Å². The molecule has 3 N–H and O–H groups in total. The van der Waals surface area contributed by atoms with Gasteiger partial charge in [0.15, 0.2) is 0 Å². The summed E-state index contributed by atoms with van der Waals surface area (Å²) in [5.41, 5.74) is 1.37. The van der Waals surface area contributed by atoms with Crippen molar-refractivity contribution in [2.75, 3.05) is 37.4 Å². The number of alkyl halides is 3. The molecule has 39 heavy (non-hydrogen) atoms. The number of rotatable bonds is 9. The summed E-state index contributed by atoms with van der Waals surface area (Å²) < 4.78 is 46.7. The maximum atomic E-state index is 13.0. The van der Waals surface area contributed by atoms with Gasteiger partial charge < -0.3 is 25.6 Å². The molecule has 2 amide bonds. The molecular weight excluding hydrogens is 537 g/mol. The largest absolute Gasteiger partial charge is 0.481 e. The summed E-state index contributed by atoms with van der Waals surface area (Å²) in [6.07, 6.45) is 0.296. The fraction of sp³-hybridized carbons (Fsp3) is 0.417.